The van der Waals surface area contributed by atoms with Crippen molar-refractivity contribution in [3.8, 4) is 6.07 Å². The van der Waals surface area contributed by atoms with Crippen molar-refractivity contribution in [1.82, 2.24) is 10.3 Å². The summed E-state index contributed by atoms with van der Waals surface area (Å²) in [5.41, 5.74) is 12.8. The molecule has 1 aliphatic rings. The predicted molar refractivity (Wildman–Crippen MR) is 82.0 cm³/mol. The minimum Gasteiger partial charge on any atom is -0.365 e. The zero-order chi connectivity index (χ0) is 16.5. The fourth-order valence-corrected chi connectivity index (χ4v) is 2.93. The van der Waals surface area contributed by atoms with E-state index >= 15 is 0 Å². The molecule has 0 radical (unpaired) electrons. The molecule has 1 amide bonds. The molecule has 0 aromatic carbocycles. The van der Waals surface area contributed by atoms with Crippen LogP contribution in [0.15, 0.2) is 4.99 Å². The largest absolute Gasteiger partial charge is 0.365 e. The van der Waals surface area contributed by atoms with Crippen molar-refractivity contribution in [2.24, 2.45) is 16.5 Å². The number of guanidine groups is 1. The van der Waals surface area contributed by atoms with Gasteiger partial charge in [-0.3, -0.25) is 4.79 Å². The smallest absolute Gasteiger partial charge is 0.251 e. The van der Waals surface area contributed by atoms with Crippen LogP contribution in [0.4, 0.5) is 0 Å². The highest BCUT2D eigenvalue weighted by molar-refractivity contribution is 8.00. The zero-order valence-corrected chi connectivity index (χ0v) is 12.8. The summed E-state index contributed by atoms with van der Waals surface area (Å²) in [4.78, 5) is 27.5. The van der Waals surface area contributed by atoms with E-state index in [0.29, 0.717) is 32.4 Å². The number of thioether (sulfide) groups is 1. The molecule has 2 atom stereocenters. The van der Waals surface area contributed by atoms with Gasteiger partial charge in [-0.1, -0.05) is 5.43 Å². The van der Waals surface area contributed by atoms with Crippen LogP contribution in [0.3, 0.4) is 0 Å². The molecule has 10 nitrogen and oxygen atoms in total. The molecule has 0 saturated carbocycles. The van der Waals surface area contributed by atoms with E-state index in [1.54, 1.807) is 5.43 Å². The number of hydrogen-bond acceptors (Lipinski definition) is 7. The maximum Gasteiger partial charge on any atom is 0.251 e. The molecule has 0 bridgehead atoms. The predicted octanol–water partition coefficient (Wildman–Crippen LogP) is -0.995. The van der Waals surface area contributed by atoms with Gasteiger partial charge in [0.2, 0.25) is 5.91 Å². The molecule has 22 heavy (non-hydrogen) atoms. The Labute approximate surface area is 132 Å². The molecular weight excluding hydrogens is 310 g/mol. The van der Waals surface area contributed by atoms with E-state index in [1.165, 1.54) is 16.7 Å². The van der Waals surface area contributed by atoms with Crippen molar-refractivity contribution in [2.75, 3.05) is 18.8 Å². The number of hydrogen-bond donors (Lipinski definition) is 3. The number of amides is 1. The standard InChI is InChI=1S/C11H19N7O3S/c12-7-9-17(5-6-22-9)10(19)8(13)3-1-2-4-15-11(14)16-18(20)21/h8-9H,1-6,13H2,(H3,14,15,16). The third-order valence-corrected chi connectivity index (χ3v) is 4.11. The first-order valence-electron chi connectivity index (χ1n) is 6.74. The maximum atomic E-state index is 12.1. The number of nitro groups is 1. The molecule has 1 heterocycles. The third kappa shape index (κ3) is 5.74. The van der Waals surface area contributed by atoms with Crippen LogP contribution in [-0.2, 0) is 4.79 Å². The van der Waals surface area contributed by atoms with Crippen molar-refractivity contribution in [2.45, 2.75) is 30.7 Å². The average Bonchev–Trinajstić information content (AvgIpc) is 2.93. The topological polar surface area (TPSA) is 164 Å². The molecule has 0 spiro atoms. The van der Waals surface area contributed by atoms with Gasteiger partial charge in [0.05, 0.1) is 12.1 Å². The number of carbonyl (C=O) groups is 1. The van der Waals surface area contributed by atoms with E-state index in [1.807, 2.05) is 0 Å². The van der Waals surface area contributed by atoms with E-state index in [4.69, 9.17) is 16.7 Å². The normalized spacial score (nSPS) is 19.5. The molecule has 1 fully saturated rings. The van der Waals surface area contributed by atoms with Crippen LogP contribution in [0.1, 0.15) is 19.3 Å². The Balaban J connectivity index is 2.26. The fraction of sp³-hybridized carbons (Fsp3) is 0.727. The second kappa shape index (κ2) is 9.06. The Morgan fingerprint density at radius 3 is 3.00 bits per heavy atom. The van der Waals surface area contributed by atoms with Gasteiger partial charge in [0.25, 0.3) is 5.96 Å². The third-order valence-electron chi connectivity index (χ3n) is 3.01. The molecule has 1 saturated heterocycles. The van der Waals surface area contributed by atoms with Gasteiger partial charge >= 0.3 is 0 Å². The SMILES string of the molecule is N#CC1SCCN1C(=O)C(N)CCCCN=C(N)N[N+](=O)[O-]. The first kappa shape index (κ1) is 18.0. The molecule has 11 heteroatoms. The van der Waals surface area contributed by atoms with E-state index in [2.05, 4.69) is 11.1 Å². The van der Waals surface area contributed by atoms with Gasteiger partial charge in [0, 0.05) is 18.8 Å². The molecule has 1 rings (SSSR count). The van der Waals surface area contributed by atoms with E-state index in [-0.39, 0.29) is 11.9 Å². The van der Waals surface area contributed by atoms with E-state index < -0.39 is 16.4 Å². The number of rotatable bonds is 7. The van der Waals surface area contributed by atoms with Crippen LogP contribution < -0.4 is 16.9 Å². The summed E-state index contributed by atoms with van der Waals surface area (Å²) < 4.78 is 0. The zero-order valence-electron chi connectivity index (χ0n) is 12.0. The van der Waals surface area contributed by atoms with Gasteiger partial charge in [-0.25, -0.2) is 15.1 Å². The Morgan fingerprint density at radius 2 is 2.36 bits per heavy atom. The summed E-state index contributed by atoms with van der Waals surface area (Å²) in [6, 6.07) is 1.43. The number of aliphatic imine (C=N–C) groups is 1. The van der Waals surface area contributed by atoms with Crippen molar-refractivity contribution >= 4 is 23.6 Å². The summed E-state index contributed by atoms with van der Waals surface area (Å²) >= 11 is 1.43. The van der Waals surface area contributed by atoms with Gasteiger partial charge in [0.1, 0.15) is 0 Å². The number of nitrogens with one attached hydrogen (secondary N) is 1. The highest BCUT2D eigenvalue weighted by Crippen LogP contribution is 2.23. The number of nitrogens with zero attached hydrogens (tertiary/aromatic N) is 4. The Bertz CT molecular complexity index is 479. The first-order valence-corrected chi connectivity index (χ1v) is 7.79. The maximum absolute atomic E-state index is 12.1. The fourth-order valence-electron chi connectivity index (χ4n) is 1.94. The molecule has 0 aliphatic carbocycles. The van der Waals surface area contributed by atoms with Crippen LogP contribution in [-0.4, -0.2) is 52.1 Å². The van der Waals surface area contributed by atoms with Crippen molar-refractivity contribution in [3.63, 3.8) is 0 Å². The quantitative estimate of drug-likeness (QED) is 0.176. The number of nitriles is 1. The summed E-state index contributed by atoms with van der Waals surface area (Å²) in [6.45, 7) is 0.858. The van der Waals surface area contributed by atoms with Crippen LogP contribution in [0.25, 0.3) is 0 Å². The Kier molecular flexibility index (Phi) is 7.41. The lowest BCUT2D eigenvalue weighted by Gasteiger charge is -2.22. The molecule has 0 aromatic rings. The molecular formula is C11H19N7O3S. The lowest BCUT2D eigenvalue weighted by molar-refractivity contribution is -0.525. The summed E-state index contributed by atoms with van der Waals surface area (Å²) in [5.74, 6) is 0.277. The summed E-state index contributed by atoms with van der Waals surface area (Å²) in [5, 5.41) is 17.8. The molecule has 0 aromatic heterocycles. The first-order chi connectivity index (χ1) is 10.5. The van der Waals surface area contributed by atoms with Crippen LogP contribution in [0, 0.1) is 21.4 Å². The van der Waals surface area contributed by atoms with Crippen molar-refractivity contribution in [3.05, 3.63) is 10.1 Å². The van der Waals surface area contributed by atoms with Gasteiger partial charge in [-0.15, -0.1) is 11.8 Å². The van der Waals surface area contributed by atoms with Crippen LogP contribution in [0.5, 0.6) is 0 Å². The lowest BCUT2D eigenvalue weighted by Crippen LogP contribution is -2.45. The summed E-state index contributed by atoms with van der Waals surface area (Å²) in [6.07, 6.45) is 1.72. The number of carbonyl (C=O) groups excluding carboxylic acids is 1. The van der Waals surface area contributed by atoms with Gasteiger partial charge < -0.3 is 16.4 Å². The lowest BCUT2D eigenvalue weighted by atomic mass is 10.1. The molecule has 2 unspecified atom stereocenters. The monoisotopic (exact) mass is 329 g/mol. The average molecular weight is 329 g/mol. The number of unbranched alkanes of at least 4 members (excludes halogenated alkanes) is 1. The van der Waals surface area contributed by atoms with Crippen LogP contribution >= 0.6 is 11.8 Å². The number of hydrazine groups is 1. The van der Waals surface area contributed by atoms with Crippen molar-refractivity contribution < 1.29 is 9.83 Å². The Morgan fingerprint density at radius 1 is 1.64 bits per heavy atom. The summed E-state index contributed by atoms with van der Waals surface area (Å²) in [7, 11) is 0. The molecule has 122 valence electrons. The molecule has 5 N–H and O–H groups in total. The van der Waals surface area contributed by atoms with E-state index in [0.717, 1.165) is 5.75 Å². The highest BCUT2D eigenvalue weighted by Gasteiger charge is 2.31. The highest BCUT2D eigenvalue weighted by atomic mass is 32.2. The van der Waals surface area contributed by atoms with Gasteiger partial charge in [-0.2, -0.15) is 5.26 Å². The molecule has 1 aliphatic heterocycles. The van der Waals surface area contributed by atoms with E-state index in [9.17, 15) is 14.9 Å². The minimum atomic E-state index is -0.785. The number of nitrogens with two attached hydrogens (primary N) is 2. The van der Waals surface area contributed by atoms with Gasteiger partial charge in [-0.05, 0) is 19.3 Å². The second-order valence-electron chi connectivity index (χ2n) is 4.62. The van der Waals surface area contributed by atoms with Crippen molar-refractivity contribution in [1.29, 1.82) is 5.26 Å². The minimum absolute atomic E-state index is 0.213. The second-order valence-corrected chi connectivity index (χ2v) is 5.81. The van der Waals surface area contributed by atoms with Crippen LogP contribution in [0.2, 0.25) is 0 Å². The Hall–Kier alpha value is -2.06. The van der Waals surface area contributed by atoms with Gasteiger partial charge in [0.15, 0.2) is 10.4 Å².